The quantitative estimate of drug-likeness (QED) is 0.187. The van der Waals surface area contributed by atoms with Gasteiger partial charge in [0.1, 0.15) is 5.76 Å². The van der Waals surface area contributed by atoms with Gasteiger partial charge in [-0.3, -0.25) is 14.9 Å². The highest BCUT2D eigenvalue weighted by Gasteiger charge is 2.24. The molecule has 4 aromatic rings. The van der Waals surface area contributed by atoms with E-state index in [1.54, 1.807) is 24.3 Å². The Labute approximate surface area is 206 Å². The molecule has 1 aliphatic rings. The highest BCUT2D eigenvalue weighted by Crippen LogP contribution is 2.37. The van der Waals surface area contributed by atoms with E-state index in [0.717, 1.165) is 21.5 Å². The Kier molecular flexibility index (Phi) is 5.98. The van der Waals surface area contributed by atoms with Crippen molar-refractivity contribution in [2.24, 2.45) is 4.99 Å². The molecule has 1 N–H and O–H groups in total. The van der Waals surface area contributed by atoms with Crippen LogP contribution in [0.5, 0.6) is 0 Å². The van der Waals surface area contributed by atoms with E-state index in [1.807, 2.05) is 32.0 Å². The van der Waals surface area contributed by atoms with Gasteiger partial charge >= 0.3 is 0 Å². The monoisotopic (exact) mass is 508 g/mol. The average Bonchev–Trinajstić information content (AvgIpc) is 3.49. The Morgan fingerprint density at radius 1 is 1.18 bits per heavy atom. The van der Waals surface area contributed by atoms with E-state index in [9.17, 15) is 14.9 Å². The summed E-state index contributed by atoms with van der Waals surface area (Å²) in [5.41, 5.74) is 3.68. The second-order valence-corrected chi connectivity index (χ2v) is 10.7. The second-order valence-electron chi connectivity index (χ2n) is 7.42. The molecule has 2 aromatic carbocycles. The number of carbonyl (C=O) groups excluding carboxylic acids is 1. The molecule has 0 radical (unpaired) electrons. The van der Waals surface area contributed by atoms with E-state index >= 15 is 0 Å². The van der Waals surface area contributed by atoms with Crippen molar-refractivity contribution in [3.05, 3.63) is 80.4 Å². The van der Waals surface area contributed by atoms with Crippen LogP contribution in [0.1, 0.15) is 16.9 Å². The maximum atomic E-state index is 12.4. The van der Waals surface area contributed by atoms with Crippen LogP contribution in [0.2, 0.25) is 0 Å². The third-order valence-corrected chi connectivity index (χ3v) is 7.77. The molecule has 1 saturated heterocycles. The summed E-state index contributed by atoms with van der Waals surface area (Å²) in [6.45, 7) is 3.98. The summed E-state index contributed by atoms with van der Waals surface area (Å²) in [4.78, 5) is 32.5. The molecule has 5 rings (SSSR count). The summed E-state index contributed by atoms with van der Waals surface area (Å²) < 4.78 is 7.30. The first-order valence-electron chi connectivity index (χ1n) is 10.0. The lowest BCUT2D eigenvalue weighted by atomic mass is 10.1. The molecule has 1 aliphatic heterocycles. The lowest BCUT2D eigenvalue weighted by molar-refractivity contribution is -0.384. The molecule has 34 heavy (non-hydrogen) atoms. The number of amidine groups is 1. The van der Waals surface area contributed by atoms with Gasteiger partial charge in [0.2, 0.25) is 0 Å². The van der Waals surface area contributed by atoms with E-state index in [-0.39, 0.29) is 11.6 Å². The molecule has 1 fully saturated rings. The zero-order valence-electron chi connectivity index (χ0n) is 17.9. The van der Waals surface area contributed by atoms with Crippen LogP contribution in [0, 0.1) is 24.0 Å². The number of carbonyl (C=O) groups is 1. The molecule has 0 unspecified atom stereocenters. The van der Waals surface area contributed by atoms with Crippen LogP contribution < -0.4 is 5.32 Å². The van der Waals surface area contributed by atoms with Crippen LogP contribution in [0.3, 0.4) is 0 Å². The zero-order valence-corrected chi connectivity index (χ0v) is 20.3. The summed E-state index contributed by atoms with van der Waals surface area (Å²) in [7, 11) is 0. The molecule has 0 atom stereocenters. The minimum absolute atomic E-state index is 0.0346. The van der Waals surface area contributed by atoms with Gasteiger partial charge in [-0.05, 0) is 72.8 Å². The maximum absolute atomic E-state index is 12.4. The Bertz CT molecular complexity index is 1520. The summed E-state index contributed by atoms with van der Waals surface area (Å²) in [5.74, 6) is 0.303. The number of thioether (sulfide) groups is 1. The van der Waals surface area contributed by atoms with Gasteiger partial charge in [-0.15, -0.1) is 11.3 Å². The lowest BCUT2D eigenvalue weighted by Gasteiger charge is -2.02. The summed E-state index contributed by atoms with van der Waals surface area (Å²) in [5, 5.41) is 14.9. The number of nitrogens with zero attached hydrogens (tertiary/aromatic N) is 3. The smallest absolute Gasteiger partial charge is 0.270 e. The normalized spacial score (nSPS) is 16.0. The van der Waals surface area contributed by atoms with E-state index in [4.69, 9.17) is 4.42 Å². The standard InChI is InChI=1S/C23H16N4O4S3/c1-12-3-4-13(2)17(9-12)24-22-26-21(28)19(32-22)11-15-6-8-20(31-15)34-23-25-16-7-5-14(27(29)30)10-18(16)33-23/h3-11H,1-2H3,(H,24,26,28)/b19-11-. The number of nitro groups is 1. The third-order valence-electron chi connectivity index (χ3n) is 4.86. The predicted molar refractivity (Wildman–Crippen MR) is 136 cm³/mol. The van der Waals surface area contributed by atoms with Crippen LogP contribution in [0.15, 0.2) is 72.3 Å². The van der Waals surface area contributed by atoms with Gasteiger partial charge in [0.25, 0.3) is 11.6 Å². The van der Waals surface area contributed by atoms with Crippen molar-refractivity contribution < 1.29 is 14.1 Å². The average molecular weight is 509 g/mol. The van der Waals surface area contributed by atoms with Crippen LogP contribution in [-0.2, 0) is 4.79 Å². The van der Waals surface area contributed by atoms with E-state index in [1.165, 1.54) is 47.0 Å². The Hall–Kier alpha value is -3.41. The number of furan rings is 1. The van der Waals surface area contributed by atoms with Crippen LogP contribution in [-0.4, -0.2) is 21.0 Å². The molecule has 0 aliphatic carbocycles. The van der Waals surface area contributed by atoms with Gasteiger partial charge in [0.05, 0.1) is 25.7 Å². The highest BCUT2D eigenvalue weighted by molar-refractivity contribution is 8.18. The van der Waals surface area contributed by atoms with Crippen LogP contribution >= 0.6 is 34.9 Å². The fraction of sp³-hybridized carbons (Fsp3) is 0.0870. The lowest BCUT2D eigenvalue weighted by Crippen LogP contribution is -2.19. The van der Waals surface area contributed by atoms with Gasteiger partial charge in [-0.2, -0.15) is 0 Å². The maximum Gasteiger partial charge on any atom is 0.270 e. The third kappa shape index (κ3) is 4.76. The topological polar surface area (TPSA) is 111 Å². The second kappa shape index (κ2) is 9.09. The summed E-state index contributed by atoms with van der Waals surface area (Å²) in [6, 6.07) is 14.2. The summed E-state index contributed by atoms with van der Waals surface area (Å²) in [6.07, 6.45) is 1.68. The van der Waals surface area contributed by atoms with Crippen molar-refractivity contribution in [2.45, 2.75) is 23.3 Å². The first-order chi connectivity index (χ1) is 16.3. The first kappa shape index (κ1) is 22.4. The molecule has 0 bridgehead atoms. The SMILES string of the molecule is Cc1ccc(C)c(N=C2NC(=O)/C(=C/c3ccc(Sc4nc5ccc([N+](=O)[O-])cc5s4)o3)S2)c1. The fourth-order valence-corrected chi connectivity index (χ4v) is 5.98. The van der Waals surface area contributed by atoms with E-state index in [2.05, 4.69) is 15.3 Å². The van der Waals surface area contributed by atoms with Crippen molar-refractivity contribution >= 4 is 73.6 Å². The number of aromatic nitrogens is 1. The Morgan fingerprint density at radius 3 is 2.85 bits per heavy atom. The molecule has 0 spiro atoms. The molecule has 11 heteroatoms. The van der Waals surface area contributed by atoms with Crippen molar-refractivity contribution in [2.75, 3.05) is 0 Å². The molecule has 1 amide bonds. The number of nitro benzene ring substituents is 1. The number of nitrogens with one attached hydrogen (secondary N) is 1. The number of hydrogen-bond donors (Lipinski definition) is 1. The largest absolute Gasteiger partial charge is 0.450 e. The van der Waals surface area contributed by atoms with E-state index in [0.29, 0.717) is 30.8 Å². The van der Waals surface area contributed by atoms with Gasteiger partial charge in [0.15, 0.2) is 14.6 Å². The van der Waals surface area contributed by atoms with Crippen molar-refractivity contribution in [3.8, 4) is 0 Å². The molecular weight excluding hydrogens is 492 g/mol. The van der Waals surface area contributed by atoms with E-state index < -0.39 is 4.92 Å². The number of fused-ring (bicyclic) bond motifs is 1. The van der Waals surface area contributed by atoms with Gasteiger partial charge < -0.3 is 9.73 Å². The highest BCUT2D eigenvalue weighted by atomic mass is 32.2. The summed E-state index contributed by atoms with van der Waals surface area (Å²) >= 11 is 3.94. The Balaban J connectivity index is 1.32. The number of rotatable bonds is 5. The number of amides is 1. The van der Waals surface area contributed by atoms with Crippen molar-refractivity contribution in [1.82, 2.24) is 10.3 Å². The van der Waals surface area contributed by atoms with Gasteiger partial charge in [-0.1, -0.05) is 12.1 Å². The Morgan fingerprint density at radius 2 is 2.03 bits per heavy atom. The zero-order chi connectivity index (χ0) is 23.8. The van der Waals surface area contributed by atoms with Crippen molar-refractivity contribution in [1.29, 1.82) is 0 Å². The van der Waals surface area contributed by atoms with Crippen LogP contribution in [0.4, 0.5) is 11.4 Å². The molecule has 8 nitrogen and oxygen atoms in total. The number of benzene rings is 2. The van der Waals surface area contributed by atoms with Crippen LogP contribution in [0.25, 0.3) is 16.3 Å². The first-order valence-corrected chi connectivity index (χ1v) is 12.5. The number of non-ortho nitro benzene ring substituents is 1. The van der Waals surface area contributed by atoms with Crippen molar-refractivity contribution in [3.63, 3.8) is 0 Å². The van der Waals surface area contributed by atoms with Gasteiger partial charge in [0, 0.05) is 18.2 Å². The minimum atomic E-state index is -0.423. The minimum Gasteiger partial charge on any atom is -0.450 e. The van der Waals surface area contributed by atoms with Gasteiger partial charge in [-0.25, -0.2) is 9.98 Å². The number of aliphatic imine (C=N–C) groups is 1. The number of thiazole rings is 1. The number of aryl methyl sites for hydroxylation is 2. The number of hydrogen-bond acceptors (Lipinski definition) is 9. The molecular formula is C23H16N4O4S3. The molecule has 0 saturated carbocycles. The fourth-order valence-electron chi connectivity index (χ4n) is 3.16. The predicted octanol–water partition coefficient (Wildman–Crippen LogP) is 6.46. The molecule has 170 valence electrons. The molecule has 3 heterocycles. The molecule has 2 aromatic heterocycles.